The molecular weight excluding hydrogens is 242 g/mol. The molecule has 3 rings (SSSR count). The van der Waals surface area contributed by atoms with Crippen molar-refractivity contribution in [3.05, 3.63) is 70.8 Å². The third-order valence-electron chi connectivity index (χ3n) is 4.87. The Kier molecular flexibility index (Phi) is 3.39. The number of nitrogens with two attached hydrogens (primary N) is 1. The van der Waals surface area contributed by atoms with Crippen molar-refractivity contribution in [2.24, 2.45) is 5.73 Å². The fourth-order valence-electron chi connectivity index (χ4n) is 3.16. The highest BCUT2D eigenvalue weighted by atomic mass is 14.7. The zero-order valence-electron chi connectivity index (χ0n) is 12.4. The van der Waals surface area contributed by atoms with E-state index in [0.29, 0.717) is 0 Å². The lowest BCUT2D eigenvalue weighted by Gasteiger charge is -2.24. The van der Waals surface area contributed by atoms with Gasteiger partial charge in [0.15, 0.2) is 0 Å². The standard InChI is InChI=1S/C19H23N/c1-14-8-9-16(12-15(14)2)13-18(20)19(10-11-19)17-6-4-3-5-7-17/h3-9,12,18H,10-11,13,20H2,1-2H3. The monoisotopic (exact) mass is 265 g/mol. The van der Waals surface area contributed by atoms with Gasteiger partial charge in [-0.1, -0.05) is 48.5 Å². The fraction of sp³-hybridized carbons (Fsp3) is 0.368. The summed E-state index contributed by atoms with van der Waals surface area (Å²) in [5.41, 5.74) is 12.3. The lowest BCUT2D eigenvalue weighted by molar-refractivity contribution is 0.514. The van der Waals surface area contributed by atoms with Crippen molar-refractivity contribution >= 4 is 0 Å². The summed E-state index contributed by atoms with van der Waals surface area (Å²) in [6.07, 6.45) is 3.42. The quantitative estimate of drug-likeness (QED) is 0.891. The fourth-order valence-corrected chi connectivity index (χ4v) is 3.16. The highest BCUT2D eigenvalue weighted by Gasteiger charge is 2.48. The van der Waals surface area contributed by atoms with Crippen LogP contribution in [-0.2, 0) is 11.8 Å². The molecule has 1 saturated carbocycles. The molecule has 1 nitrogen and oxygen atoms in total. The summed E-state index contributed by atoms with van der Waals surface area (Å²) in [6.45, 7) is 4.33. The van der Waals surface area contributed by atoms with Crippen LogP contribution in [0.5, 0.6) is 0 Å². The third kappa shape index (κ3) is 2.38. The van der Waals surface area contributed by atoms with Gasteiger partial charge in [-0.2, -0.15) is 0 Å². The minimum Gasteiger partial charge on any atom is -0.327 e. The van der Waals surface area contributed by atoms with Gasteiger partial charge in [0.1, 0.15) is 0 Å². The Morgan fingerprint density at radius 3 is 2.30 bits per heavy atom. The smallest absolute Gasteiger partial charge is 0.0177 e. The first-order chi connectivity index (χ1) is 9.62. The van der Waals surface area contributed by atoms with E-state index in [0.717, 1.165) is 6.42 Å². The molecule has 104 valence electrons. The molecule has 0 heterocycles. The summed E-state index contributed by atoms with van der Waals surface area (Å²) in [5, 5.41) is 0. The summed E-state index contributed by atoms with van der Waals surface area (Å²) in [6, 6.07) is 17.7. The number of hydrogen-bond acceptors (Lipinski definition) is 1. The van der Waals surface area contributed by atoms with Crippen molar-refractivity contribution in [3.63, 3.8) is 0 Å². The first-order valence-corrected chi connectivity index (χ1v) is 7.49. The molecule has 0 amide bonds. The van der Waals surface area contributed by atoms with Crippen molar-refractivity contribution in [2.75, 3.05) is 0 Å². The molecule has 1 unspecified atom stereocenters. The van der Waals surface area contributed by atoms with Crippen LogP contribution in [0.4, 0.5) is 0 Å². The van der Waals surface area contributed by atoms with Gasteiger partial charge in [0, 0.05) is 11.5 Å². The van der Waals surface area contributed by atoms with Gasteiger partial charge in [-0.3, -0.25) is 0 Å². The van der Waals surface area contributed by atoms with Crippen LogP contribution in [0.1, 0.15) is 35.1 Å². The van der Waals surface area contributed by atoms with Crippen LogP contribution in [0.25, 0.3) is 0 Å². The van der Waals surface area contributed by atoms with Crippen LogP contribution >= 0.6 is 0 Å². The molecule has 2 N–H and O–H groups in total. The van der Waals surface area contributed by atoms with Crippen LogP contribution < -0.4 is 5.73 Å². The van der Waals surface area contributed by atoms with Gasteiger partial charge in [-0.05, 0) is 55.4 Å². The van der Waals surface area contributed by atoms with Gasteiger partial charge in [0.2, 0.25) is 0 Å². The van der Waals surface area contributed by atoms with Gasteiger partial charge in [-0.15, -0.1) is 0 Å². The molecule has 1 atom stereocenters. The number of benzene rings is 2. The zero-order chi connectivity index (χ0) is 14.2. The Hall–Kier alpha value is -1.60. The minimum atomic E-state index is 0.215. The van der Waals surface area contributed by atoms with Crippen LogP contribution in [0.2, 0.25) is 0 Å². The van der Waals surface area contributed by atoms with E-state index < -0.39 is 0 Å². The molecule has 0 saturated heterocycles. The van der Waals surface area contributed by atoms with Crippen molar-refractivity contribution < 1.29 is 0 Å². The average Bonchev–Trinajstić information content (AvgIpc) is 3.26. The second-order valence-corrected chi connectivity index (χ2v) is 6.25. The Bertz CT molecular complexity index is 596. The maximum atomic E-state index is 6.57. The average molecular weight is 265 g/mol. The SMILES string of the molecule is Cc1ccc(CC(N)C2(c3ccccc3)CC2)cc1C. The topological polar surface area (TPSA) is 26.0 Å². The molecule has 1 heteroatoms. The molecule has 0 bridgehead atoms. The van der Waals surface area contributed by atoms with Gasteiger partial charge in [0.05, 0.1) is 0 Å². The summed E-state index contributed by atoms with van der Waals surface area (Å²) in [5.74, 6) is 0. The zero-order valence-corrected chi connectivity index (χ0v) is 12.4. The van der Waals surface area contributed by atoms with Crippen LogP contribution in [0.15, 0.2) is 48.5 Å². The van der Waals surface area contributed by atoms with Gasteiger partial charge < -0.3 is 5.73 Å². The summed E-state index contributed by atoms with van der Waals surface area (Å²) < 4.78 is 0. The van der Waals surface area contributed by atoms with E-state index in [1.54, 1.807) is 0 Å². The van der Waals surface area contributed by atoms with Crippen LogP contribution in [-0.4, -0.2) is 6.04 Å². The Balaban J connectivity index is 1.79. The predicted octanol–water partition coefficient (Wildman–Crippen LogP) is 3.91. The van der Waals surface area contributed by atoms with Crippen molar-refractivity contribution in [3.8, 4) is 0 Å². The number of hydrogen-bond donors (Lipinski definition) is 1. The molecule has 20 heavy (non-hydrogen) atoms. The van der Waals surface area contributed by atoms with Gasteiger partial charge >= 0.3 is 0 Å². The van der Waals surface area contributed by atoms with E-state index >= 15 is 0 Å². The maximum absolute atomic E-state index is 6.57. The van der Waals surface area contributed by atoms with Crippen molar-refractivity contribution in [1.82, 2.24) is 0 Å². The lowest BCUT2D eigenvalue weighted by Crippen LogP contribution is -2.36. The second-order valence-electron chi connectivity index (χ2n) is 6.25. The van der Waals surface area contributed by atoms with E-state index in [1.165, 1.54) is 35.1 Å². The highest BCUT2D eigenvalue weighted by Crippen LogP contribution is 2.50. The van der Waals surface area contributed by atoms with Crippen LogP contribution in [0, 0.1) is 13.8 Å². The molecule has 2 aromatic rings. The molecule has 0 spiro atoms. The molecule has 1 aliphatic rings. The third-order valence-corrected chi connectivity index (χ3v) is 4.87. The Labute approximate surface area is 121 Å². The summed E-state index contributed by atoms with van der Waals surface area (Å²) >= 11 is 0. The van der Waals surface area contributed by atoms with E-state index in [1.807, 2.05) is 0 Å². The first kappa shape index (κ1) is 13.4. The normalized spacial score (nSPS) is 17.8. The van der Waals surface area contributed by atoms with Crippen molar-refractivity contribution in [1.29, 1.82) is 0 Å². The molecule has 2 aromatic carbocycles. The van der Waals surface area contributed by atoms with Gasteiger partial charge in [-0.25, -0.2) is 0 Å². The molecule has 0 radical (unpaired) electrons. The maximum Gasteiger partial charge on any atom is 0.0177 e. The summed E-state index contributed by atoms with van der Waals surface area (Å²) in [4.78, 5) is 0. The van der Waals surface area contributed by atoms with E-state index in [-0.39, 0.29) is 11.5 Å². The first-order valence-electron chi connectivity index (χ1n) is 7.49. The van der Waals surface area contributed by atoms with E-state index in [2.05, 4.69) is 62.4 Å². The predicted molar refractivity (Wildman–Crippen MR) is 84.9 cm³/mol. The summed E-state index contributed by atoms with van der Waals surface area (Å²) in [7, 11) is 0. The largest absolute Gasteiger partial charge is 0.327 e. The lowest BCUT2D eigenvalue weighted by atomic mass is 9.85. The molecule has 0 aromatic heterocycles. The second kappa shape index (κ2) is 5.06. The molecule has 1 fully saturated rings. The van der Waals surface area contributed by atoms with E-state index in [9.17, 15) is 0 Å². The number of aryl methyl sites for hydroxylation is 2. The Morgan fingerprint density at radius 2 is 1.70 bits per heavy atom. The molecule has 0 aliphatic heterocycles. The Morgan fingerprint density at radius 1 is 1.00 bits per heavy atom. The molecule has 1 aliphatic carbocycles. The minimum absolute atomic E-state index is 0.215. The van der Waals surface area contributed by atoms with Crippen LogP contribution in [0.3, 0.4) is 0 Å². The van der Waals surface area contributed by atoms with Gasteiger partial charge in [0.25, 0.3) is 0 Å². The highest BCUT2D eigenvalue weighted by molar-refractivity contribution is 5.36. The number of rotatable bonds is 4. The van der Waals surface area contributed by atoms with Crippen molar-refractivity contribution in [2.45, 2.75) is 44.6 Å². The molecular formula is C19H23N. The van der Waals surface area contributed by atoms with E-state index in [4.69, 9.17) is 5.73 Å².